The molecule has 144 valence electrons. The molecule has 0 aliphatic heterocycles. The minimum absolute atomic E-state index is 0.186. The summed E-state index contributed by atoms with van der Waals surface area (Å²) in [5.41, 5.74) is 3.53. The van der Waals surface area contributed by atoms with E-state index in [1.54, 1.807) is 18.7 Å². The predicted octanol–water partition coefficient (Wildman–Crippen LogP) is 4.19. The van der Waals surface area contributed by atoms with Crippen molar-refractivity contribution < 1.29 is 19.1 Å². The highest BCUT2D eigenvalue weighted by Gasteiger charge is 2.38. The van der Waals surface area contributed by atoms with Gasteiger partial charge >= 0.3 is 11.9 Å². The number of carbonyl (C=O) groups is 2. The molecule has 2 aromatic carbocycles. The van der Waals surface area contributed by atoms with Crippen molar-refractivity contribution in [3.05, 3.63) is 59.7 Å². The van der Waals surface area contributed by atoms with Crippen molar-refractivity contribution >= 4 is 23.3 Å². The van der Waals surface area contributed by atoms with Crippen LogP contribution in [0.2, 0.25) is 0 Å². The molecular formula is C22H27NO4. The third-order valence-corrected chi connectivity index (χ3v) is 4.28. The van der Waals surface area contributed by atoms with Gasteiger partial charge in [-0.15, -0.1) is 0 Å². The number of hydrogen-bond donors (Lipinski definition) is 0. The molecule has 0 radical (unpaired) electrons. The fourth-order valence-electron chi connectivity index (χ4n) is 3.04. The van der Waals surface area contributed by atoms with Crippen LogP contribution in [-0.4, -0.2) is 31.2 Å². The lowest BCUT2D eigenvalue weighted by atomic mass is 10.0. The minimum Gasteiger partial charge on any atom is -0.464 e. The van der Waals surface area contributed by atoms with Crippen molar-refractivity contribution in [1.82, 2.24) is 0 Å². The van der Waals surface area contributed by atoms with Crippen molar-refractivity contribution in [3.63, 3.8) is 0 Å². The van der Waals surface area contributed by atoms with Crippen LogP contribution in [0, 0.1) is 6.92 Å². The molecule has 0 spiro atoms. The highest BCUT2D eigenvalue weighted by Crippen LogP contribution is 2.34. The standard InChI is InChI=1S/C22H27NO4/c1-5-17-13-9-11-15-19(17)23(18-14-10-8-12-16(18)4)20(21(24)26-6-2)22(25)27-7-3/h8-15,20H,5-7H2,1-4H3. The van der Waals surface area contributed by atoms with Gasteiger partial charge in [-0.2, -0.15) is 0 Å². The molecule has 0 aromatic heterocycles. The maximum Gasteiger partial charge on any atom is 0.340 e. The number of ether oxygens (including phenoxy) is 2. The molecule has 0 unspecified atom stereocenters. The lowest BCUT2D eigenvalue weighted by Gasteiger charge is -2.33. The van der Waals surface area contributed by atoms with Crippen LogP contribution in [0.25, 0.3) is 0 Å². The van der Waals surface area contributed by atoms with E-state index in [4.69, 9.17) is 9.47 Å². The zero-order valence-electron chi connectivity index (χ0n) is 16.4. The Bertz CT molecular complexity index is 769. The van der Waals surface area contributed by atoms with Crippen LogP contribution >= 0.6 is 0 Å². The van der Waals surface area contributed by atoms with Gasteiger partial charge in [-0.1, -0.05) is 43.3 Å². The van der Waals surface area contributed by atoms with E-state index in [1.807, 2.05) is 62.4 Å². The number of anilines is 2. The lowest BCUT2D eigenvalue weighted by molar-refractivity contribution is -0.156. The smallest absolute Gasteiger partial charge is 0.340 e. The fraction of sp³-hybridized carbons (Fsp3) is 0.364. The van der Waals surface area contributed by atoms with Crippen molar-refractivity contribution in [3.8, 4) is 0 Å². The second-order valence-electron chi connectivity index (χ2n) is 6.05. The molecule has 0 saturated carbocycles. The fourth-order valence-corrected chi connectivity index (χ4v) is 3.04. The minimum atomic E-state index is -1.21. The van der Waals surface area contributed by atoms with Gasteiger partial charge in [0, 0.05) is 11.4 Å². The maximum atomic E-state index is 12.8. The molecule has 0 bridgehead atoms. The number of rotatable bonds is 8. The average molecular weight is 369 g/mol. The number of esters is 2. The van der Waals surface area contributed by atoms with Crippen LogP contribution < -0.4 is 4.90 Å². The maximum absolute atomic E-state index is 12.8. The van der Waals surface area contributed by atoms with Gasteiger partial charge in [0.25, 0.3) is 0 Å². The average Bonchev–Trinajstić information content (AvgIpc) is 2.67. The molecule has 0 aliphatic carbocycles. The van der Waals surface area contributed by atoms with Crippen molar-refractivity contribution in [1.29, 1.82) is 0 Å². The number of carbonyl (C=O) groups excluding carboxylic acids is 2. The summed E-state index contributed by atoms with van der Waals surface area (Å²) in [6, 6.07) is 14.2. The zero-order valence-corrected chi connectivity index (χ0v) is 16.4. The first-order chi connectivity index (χ1) is 13.0. The summed E-state index contributed by atoms with van der Waals surface area (Å²) >= 11 is 0. The first kappa shape index (κ1) is 20.5. The van der Waals surface area contributed by atoms with Gasteiger partial charge in [0.2, 0.25) is 6.04 Å². The molecular weight excluding hydrogens is 342 g/mol. The van der Waals surface area contributed by atoms with E-state index in [1.165, 1.54) is 0 Å². The van der Waals surface area contributed by atoms with Crippen LogP contribution in [-0.2, 0) is 25.5 Å². The molecule has 27 heavy (non-hydrogen) atoms. The Kier molecular flexibility index (Phi) is 7.41. The number of nitrogens with zero attached hydrogens (tertiary/aromatic N) is 1. The molecule has 0 fully saturated rings. The third kappa shape index (κ3) is 4.67. The van der Waals surface area contributed by atoms with Crippen LogP contribution in [0.5, 0.6) is 0 Å². The zero-order chi connectivity index (χ0) is 19.8. The Balaban J connectivity index is 2.70. The summed E-state index contributed by atoms with van der Waals surface area (Å²) in [6.07, 6.45) is 0.761. The third-order valence-electron chi connectivity index (χ3n) is 4.28. The van der Waals surface area contributed by atoms with Crippen LogP contribution in [0.1, 0.15) is 31.9 Å². The van der Waals surface area contributed by atoms with E-state index in [2.05, 4.69) is 0 Å². The SMILES string of the molecule is CCOC(=O)C(C(=O)OCC)N(c1ccccc1C)c1ccccc1CC. The molecule has 5 heteroatoms. The molecule has 0 saturated heterocycles. The molecule has 0 N–H and O–H groups in total. The summed E-state index contributed by atoms with van der Waals surface area (Å²) in [6.45, 7) is 7.80. The topological polar surface area (TPSA) is 55.8 Å². The lowest BCUT2D eigenvalue weighted by Crippen LogP contribution is -2.47. The Morgan fingerprint density at radius 2 is 1.37 bits per heavy atom. The van der Waals surface area contributed by atoms with Gasteiger partial charge in [-0.25, -0.2) is 9.59 Å². The monoisotopic (exact) mass is 369 g/mol. The van der Waals surface area contributed by atoms with E-state index in [0.717, 1.165) is 28.9 Å². The normalized spacial score (nSPS) is 10.6. The number of para-hydroxylation sites is 2. The first-order valence-electron chi connectivity index (χ1n) is 9.31. The van der Waals surface area contributed by atoms with Crippen LogP contribution in [0.4, 0.5) is 11.4 Å². The Hall–Kier alpha value is -2.82. The Morgan fingerprint density at radius 3 is 1.89 bits per heavy atom. The molecule has 0 heterocycles. The summed E-state index contributed by atoms with van der Waals surface area (Å²) in [4.78, 5) is 27.3. The molecule has 0 amide bonds. The van der Waals surface area contributed by atoms with Gasteiger partial charge in [0.1, 0.15) is 0 Å². The predicted molar refractivity (Wildman–Crippen MR) is 106 cm³/mol. The molecule has 0 atom stereocenters. The van der Waals surface area contributed by atoms with Gasteiger partial charge in [-0.3, -0.25) is 0 Å². The number of hydrogen-bond acceptors (Lipinski definition) is 5. The van der Waals surface area contributed by atoms with Crippen LogP contribution in [0.15, 0.2) is 48.5 Å². The summed E-state index contributed by atoms with van der Waals surface area (Å²) in [5.74, 6) is -1.24. The molecule has 2 rings (SSSR count). The van der Waals surface area contributed by atoms with E-state index >= 15 is 0 Å². The van der Waals surface area contributed by atoms with E-state index in [-0.39, 0.29) is 13.2 Å². The van der Waals surface area contributed by atoms with Gasteiger partial charge in [0.15, 0.2) is 0 Å². The highest BCUT2D eigenvalue weighted by atomic mass is 16.6. The quantitative estimate of drug-likeness (QED) is 0.516. The van der Waals surface area contributed by atoms with Gasteiger partial charge in [0.05, 0.1) is 13.2 Å². The van der Waals surface area contributed by atoms with E-state index in [9.17, 15) is 9.59 Å². The van der Waals surface area contributed by atoms with Crippen LogP contribution in [0.3, 0.4) is 0 Å². The highest BCUT2D eigenvalue weighted by molar-refractivity contribution is 6.05. The summed E-state index contributed by atoms with van der Waals surface area (Å²) in [5, 5.41) is 0. The van der Waals surface area contributed by atoms with Crippen molar-refractivity contribution in [2.24, 2.45) is 0 Å². The first-order valence-corrected chi connectivity index (χ1v) is 9.31. The molecule has 0 aliphatic rings. The number of benzene rings is 2. The van der Waals surface area contributed by atoms with Crippen molar-refractivity contribution in [2.75, 3.05) is 18.1 Å². The second-order valence-corrected chi connectivity index (χ2v) is 6.05. The number of aryl methyl sites for hydroxylation is 2. The second kappa shape index (κ2) is 9.76. The van der Waals surface area contributed by atoms with Gasteiger partial charge in [-0.05, 0) is 50.5 Å². The van der Waals surface area contributed by atoms with Crippen molar-refractivity contribution in [2.45, 2.75) is 40.2 Å². The van der Waals surface area contributed by atoms with E-state index in [0.29, 0.717) is 0 Å². The molecule has 5 nitrogen and oxygen atoms in total. The molecule has 2 aromatic rings. The summed E-state index contributed by atoms with van der Waals surface area (Å²) in [7, 11) is 0. The largest absolute Gasteiger partial charge is 0.464 e. The Labute approximate surface area is 160 Å². The van der Waals surface area contributed by atoms with E-state index < -0.39 is 18.0 Å². The summed E-state index contributed by atoms with van der Waals surface area (Å²) < 4.78 is 10.5. The van der Waals surface area contributed by atoms with Gasteiger partial charge < -0.3 is 14.4 Å². The Morgan fingerprint density at radius 1 is 0.852 bits per heavy atom.